The number of hydrogen-bond acceptors (Lipinski definition) is 7. The van der Waals surface area contributed by atoms with Gasteiger partial charge in [-0.1, -0.05) is 5.16 Å². The Hall–Kier alpha value is -3.42. The summed E-state index contributed by atoms with van der Waals surface area (Å²) in [6.45, 7) is 5.68. The van der Waals surface area contributed by atoms with E-state index in [1.54, 1.807) is 6.92 Å². The molecule has 1 aromatic carbocycles. The number of aromatic nitrogens is 3. The lowest BCUT2D eigenvalue weighted by Crippen LogP contribution is -2.21. The van der Waals surface area contributed by atoms with Crippen molar-refractivity contribution in [3.8, 4) is 0 Å². The van der Waals surface area contributed by atoms with Gasteiger partial charge in [0.2, 0.25) is 5.95 Å². The highest BCUT2D eigenvalue weighted by Gasteiger charge is 2.16. The van der Waals surface area contributed by atoms with Gasteiger partial charge in [0, 0.05) is 36.2 Å². The molecule has 1 amide bonds. The van der Waals surface area contributed by atoms with Crippen LogP contribution in [-0.4, -0.2) is 34.1 Å². The summed E-state index contributed by atoms with van der Waals surface area (Å²) in [7, 11) is 0. The largest absolute Gasteiger partial charge is 0.361 e. The number of amides is 1. The second-order valence-electron chi connectivity index (χ2n) is 6.84. The Morgan fingerprint density at radius 2 is 1.79 bits per heavy atom. The third-order valence-electron chi connectivity index (χ3n) is 4.64. The van der Waals surface area contributed by atoms with E-state index < -0.39 is 0 Å². The molecule has 4 rings (SSSR count). The van der Waals surface area contributed by atoms with Gasteiger partial charge in [0.05, 0.1) is 6.20 Å². The van der Waals surface area contributed by atoms with Crippen molar-refractivity contribution in [2.24, 2.45) is 0 Å². The maximum absolute atomic E-state index is 12.2. The number of hydrogen-bond donors (Lipinski definition) is 2. The van der Waals surface area contributed by atoms with Crippen LogP contribution in [-0.2, 0) is 0 Å². The van der Waals surface area contributed by atoms with Crippen molar-refractivity contribution >= 4 is 29.0 Å². The third kappa shape index (κ3) is 3.95. The van der Waals surface area contributed by atoms with Crippen LogP contribution in [0.4, 0.5) is 23.1 Å². The van der Waals surface area contributed by atoms with E-state index in [0.29, 0.717) is 17.0 Å². The molecule has 8 heteroatoms. The first-order chi connectivity index (χ1) is 13.6. The molecule has 0 spiro atoms. The molecule has 144 valence electrons. The number of rotatable bonds is 5. The van der Waals surface area contributed by atoms with Crippen molar-refractivity contribution in [3.63, 3.8) is 0 Å². The zero-order valence-electron chi connectivity index (χ0n) is 15.9. The molecule has 3 heterocycles. The molecule has 0 radical (unpaired) electrons. The summed E-state index contributed by atoms with van der Waals surface area (Å²) < 4.78 is 4.93. The standard InChI is InChI=1S/C20H22N6O2/c1-13-11-18(25-20(22-13)26-9-3-4-10-26)23-15-5-7-16(8-6-15)24-19(27)17-12-21-28-14(17)2/h5-8,11-12H,3-4,9-10H2,1-2H3,(H,24,27)(H,22,23,25). The van der Waals surface area contributed by atoms with Gasteiger partial charge in [0.25, 0.3) is 5.91 Å². The number of carbonyl (C=O) groups is 1. The molecular weight excluding hydrogens is 356 g/mol. The van der Waals surface area contributed by atoms with Gasteiger partial charge in [-0.05, 0) is 51.0 Å². The third-order valence-corrected chi connectivity index (χ3v) is 4.64. The topological polar surface area (TPSA) is 96.2 Å². The average Bonchev–Trinajstić information content (AvgIpc) is 3.34. The van der Waals surface area contributed by atoms with Gasteiger partial charge in [-0.25, -0.2) is 4.98 Å². The van der Waals surface area contributed by atoms with Crippen molar-refractivity contribution in [1.29, 1.82) is 0 Å². The Morgan fingerprint density at radius 1 is 1.07 bits per heavy atom. The summed E-state index contributed by atoms with van der Waals surface area (Å²) in [6, 6.07) is 9.37. The fourth-order valence-corrected chi connectivity index (χ4v) is 3.18. The smallest absolute Gasteiger partial charge is 0.260 e. The van der Waals surface area contributed by atoms with Gasteiger partial charge in [0.1, 0.15) is 17.1 Å². The van der Waals surface area contributed by atoms with Crippen LogP contribution in [0, 0.1) is 13.8 Å². The normalized spacial score (nSPS) is 13.6. The molecule has 0 bridgehead atoms. The van der Waals surface area contributed by atoms with E-state index in [1.807, 2.05) is 37.3 Å². The molecule has 1 fully saturated rings. The van der Waals surface area contributed by atoms with E-state index in [2.05, 4.69) is 30.7 Å². The molecule has 0 atom stereocenters. The van der Waals surface area contributed by atoms with Crippen molar-refractivity contribution in [1.82, 2.24) is 15.1 Å². The van der Waals surface area contributed by atoms with Crippen molar-refractivity contribution in [2.75, 3.05) is 28.6 Å². The first kappa shape index (κ1) is 18.0. The van der Waals surface area contributed by atoms with Crippen molar-refractivity contribution < 1.29 is 9.32 Å². The Bertz CT molecular complexity index is 977. The number of nitrogens with one attached hydrogen (secondary N) is 2. The van der Waals surface area contributed by atoms with Gasteiger partial charge in [-0.3, -0.25) is 4.79 Å². The molecule has 1 saturated heterocycles. The molecule has 3 aromatic rings. The lowest BCUT2D eigenvalue weighted by molar-refractivity contribution is 0.102. The van der Waals surface area contributed by atoms with Crippen LogP contribution in [0.25, 0.3) is 0 Å². The molecule has 28 heavy (non-hydrogen) atoms. The molecular formula is C20H22N6O2. The molecule has 2 aromatic heterocycles. The summed E-state index contributed by atoms with van der Waals surface area (Å²) in [6.07, 6.45) is 3.78. The van der Waals surface area contributed by atoms with E-state index >= 15 is 0 Å². The Balaban J connectivity index is 1.44. The number of nitrogens with zero attached hydrogens (tertiary/aromatic N) is 4. The number of benzene rings is 1. The SMILES string of the molecule is Cc1cc(Nc2ccc(NC(=O)c3cnoc3C)cc2)nc(N2CCCC2)n1. The maximum atomic E-state index is 12.2. The van der Waals surface area contributed by atoms with Crippen LogP contribution < -0.4 is 15.5 Å². The first-order valence-electron chi connectivity index (χ1n) is 9.29. The fraction of sp³-hybridized carbons (Fsp3) is 0.300. The summed E-state index contributed by atoms with van der Waals surface area (Å²) in [4.78, 5) is 23.6. The Labute approximate surface area is 163 Å². The molecule has 1 aliphatic rings. The molecule has 0 unspecified atom stereocenters. The minimum Gasteiger partial charge on any atom is -0.361 e. The van der Waals surface area contributed by atoms with Crippen LogP contribution in [0.3, 0.4) is 0 Å². The van der Waals surface area contributed by atoms with Crippen LogP contribution in [0.15, 0.2) is 41.1 Å². The lowest BCUT2D eigenvalue weighted by atomic mass is 10.2. The summed E-state index contributed by atoms with van der Waals surface area (Å²) in [5.74, 6) is 1.77. The predicted molar refractivity (Wildman–Crippen MR) is 107 cm³/mol. The highest BCUT2D eigenvalue weighted by molar-refractivity contribution is 6.04. The zero-order chi connectivity index (χ0) is 19.5. The van der Waals surface area contributed by atoms with Gasteiger partial charge >= 0.3 is 0 Å². The summed E-state index contributed by atoms with van der Waals surface area (Å²) in [5.41, 5.74) is 2.91. The van der Waals surface area contributed by atoms with Crippen LogP contribution >= 0.6 is 0 Å². The van der Waals surface area contributed by atoms with Crippen LogP contribution in [0.1, 0.15) is 34.7 Å². The Morgan fingerprint density at radius 3 is 2.46 bits per heavy atom. The van der Waals surface area contributed by atoms with Crippen LogP contribution in [0.2, 0.25) is 0 Å². The molecule has 0 aliphatic carbocycles. The highest BCUT2D eigenvalue weighted by atomic mass is 16.5. The van der Waals surface area contributed by atoms with Gasteiger partial charge in [-0.15, -0.1) is 0 Å². The number of anilines is 4. The van der Waals surface area contributed by atoms with E-state index in [4.69, 9.17) is 4.52 Å². The first-order valence-corrected chi connectivity index (χ1v) is 9.29. The van der Waals surface area contributed by atoms with Gasteiger partial charge < -0.3 is 20.1 Å². The lowest BCUT2D eigenvalue weighted by Gasteiger charge is -2.17. The fourth-order valence-electron chi connectivity index (χ4n) is 3.18. The minimum absolute atomic E-state index is 0.249. The predicted octanol–water partition coefficient (Wildman–Crippen LogP) is 3.68. The summed E-state index contributed by atoms with van der Waals surface area (Å²) >= 11 is 0. The second-order valence-corrected chi connectivity index (χ2v) is 6.84. The van der Waals surface area contributed by atoms with Gasteiger partial charge in [-0.2, -0.15) is 4.98 Å². The molecule has 1 aliphatic heterocycles. The van der Waals surface area contributed by atoms with Crippen molar-refractivity contribution in [3.05, 3.63) is 53.5 Å². The van der Waals surface area contributed by atoms with Crippen LogP contribution in [0.5, 0.6) is 0 Å². The maximum Gasteiger partial charge on any atom is 0.260 e. The minimum atomic E-state index is -0.249. The van der Waals surface area contributed by atoms with Crippen molar-refractivity contribution in [2.45, 2.75) is 26.7 Å². The number of aryl methyl sites for hydroxylation is 2. The second kappa shape index (κ2) is 7.67. The van der Waals surface area contributed by atoms with E-state index in [0.717, 1.165) is 36.2 Å². The van der Waals surface area contributed by atoms with E-state index in [-0.39, 0.29) is 5.91 Å². The molecule has 0 saturated carbocycles. The average molecular weight is 378 g/mol. The quantitative estimate of drug-likeness (QED) is 0.699. The number of carbonyl (C=O) groups excluding carboxylic acids is 1. The Kier molecular flexibility index (Phi) is 4.92. The van der Waals surface area contributed by atoms with E-state index in [9.17, 15) is 4.79 Å². The monoisotopic (exact) mass is 378 g/mol. The molecule has 2 N–H and O–H groups in total. The zero-order valence-corrected chi connectivity index (χ0v) is 15.9. The molecule has 8 nitrogen and oxygen atoms in total. The summed E-state index contributed by atoms with van der Waals surface area (Å²) in [5, 5.41) is 9.77. The highest BCUT2D eigenvalue weighted by Crippen LogP contribution is 2.22. The van der Waals surface area contributed by atoms with Gasteiger partial charge in [0.15, 0.2) is 0 Å². The van der Waals surface area contributed by atoms with E-state index in [1.165, 1.54) is 19.0 Å².